The van der Waals surface area contributed by atoms with Crippen molar-refractivity contribution in [2.24, 2.45) is 13.0 Å². The lowest BCUT2D eigenvalue weighted by atomic mass is 9.93. The van der Waals surface area contributed by atoms with Crippen LogP contribution in [0.1, 0.15) is 44.6 Å². The molecule has 0 radical (unpaired) electrons. The Morgan fingerprint density at radius 3 is 2.52 bits per heavy atom. The van der Waals surface area contributed by atoms with Gasteiger partial charge in [0.1, 0.15) is 0 Å². The predicted molar refractivity (Wildman–Crippen MR) is 123 cm³/mol. The number of hydrogen-bond acceptors (Lipinski definition) is 4. The van der Waals surface area contributed by atoms with Crippen LogP contribution in [-0.4, -0.2) is 31.3 Å². The average Bonchev–Trinajstić information content (AvgIpc) is 3.18. The molecule has 1 aliphatic carbocycles. The second-order valence-electron chi connectivity index (χ2n) is 9.28. The molecule has 7 heteroatoms. The summed E-state index contributed by atoms with van der Waals surface area (Å²) in [5, 5.41) is 0. The molecule has 7 nitrogen and oxygen atoms in total. The lowest BCUT2D eigenvalue weighted by Gasteiger charge is -2.40. The highest BCUT2D eigenvalue weighted by Gasteiger charge is 2.33. The molecular formula is C24H31N5O2. The van der Waals surface area contributed by atoms with E-state index in [2.05, 4.69) is 16.4 Å². The summed E-state index contributed by atoms with van der Waals surface area (Å²) < 4.78 is 5.02. The highest BCUT2D eigenvalue weighted by Crippen LogP contribution is 2.32. The molecule has 0 unspecified atom stereocenters. The van der Waals surface area contributed by atoms with E-state index >= 15 is 0 Å². The molecular weight excluding hydrogens is 390 g/mol. The van der Waals surface area contributed by atoms with Gasteiger partial charge < -0.3 is 9.47 Å². The number of imidazole rings is 1. The summed E-state index contributed by atoms with van der Waals surface area (Å²) in [5.74, 6) is 1.30. The van der Waals surface area contributed by atoms with Gasteiger partial charge in [-0.25, -0.2) is 4.79 Å². The first-order valence-corrected chi connectivity index (χ1v) is 11.5. The van der Waals surface area contributed by atoms with Gasteiger partial charge in [-0.2, -0.15) is 4.98 Å². The molecule has 2 aromatic heterocycles. The summed E-state index contributed by atoms with van der Waals surface area (Å²) in [6.45, 7) is 4.33. The van der Waals surface area contributed by atoms with Crippen molar-refractivity contribution in [1.82, 2.24) is 18.7 Å². The molecule has 1 aliphatic heterocycles. The van der Waals surface area contributed by atoms with Crippen LogP contribution < -0.4 is 16.1 Å². The summed E-state index contributed by atoms with van der Waals surface area (Å²) >= 11 is 0. The van der Waals surface area contributed by atoms with Crippen LogP contribution in [0, 0.1) is 5.92 Å². The predicted octanol–water partition coefficient (Wildman–Crippen LogP) is 2.93. The van der Waals surface area contributed by atoms with E-state index in [1.807, 2.05) is 30.3 Å². The molecule has 0 bridgehead atoms. The monoisotopic (exact) mass is 421 g/mol. The van der Waals surface area contributed by atoms with Crippen molar-refractivity contribution in [1.29, 1.82) is 0 Å². The van der Waals surface area contributed by atoms with E-state index in [4.69, 9.17) is 4.98 Å². The van der Waals surface area contributed by atoms with Crippen LogP contribution in [0.3, 0.4) is 0 Å². The van der Waals surface area contributed by atoms with E-state index in [9.17, 15) is 9.59 Å². The minimum atomic E-state index is -0.291. The van der Waals surface area contributed by atoms with Crippen molar-refractivity contribution in [3.63, 3.8) is 0 Å². The fourth-order valence-corrected chi connectivity index (χ4v) is 5.33. The Labute approximate surface area is 181 Å². The van der Waals surface area contributed by atoms with Crippen LogP contribution in [0.15, 0.2) is 39.9 Å². The molecule has 164 valence electrons. The highest BCUT2D eigenvalue weighted by molar-refractivity contribution is 5.75. The van der Waals surface area contributed by atoms with E-state index in [1.165, 1.54) is 36.7 Å². The molecule has 1 aromatic carbocycles. The Kier molecular flexibility index (Phi) is 5.20. The quantitative estimate of drug-likeness (QED) is 0.650. The third kappa shape index (κ3) is 3.50. The molecule has 0 amide bonds. The van der Waals surface area contributed by atoms with Crippen LogP contribution in [0.5, 0.6) is 0 Å². The third-order valence-electron chi connectivity index (χ3n) is 6.95. The van der Waals surface area contributed by atoms with Crippen LogP contribution in [0.2, 0.25) is 0 Å². The molecule has 2 aliphatic rings. The first-order chi connectivity index (χ1) is 15.0. The summed E-state index contributed by atoms with van der Waals surface area (Å²) in [5.41, 5.74) is 1.68. The van der Waals surface area contributed by atoms with Gasteiger partial charge in [-0.15, -0.1) is 0 Å². The minimum absolute atomic E-state index is 0.217. The fourth-order valence-electron chi connectivity index (χ4n) is 5.33. The van der Waals surface area contributed by atoms with Gasteiger partial charge >= 0.3 is 5.69 Å². The molecule has 0 N–H and O–H groups in total. The number of aromatic nitrogens is 4. The van der Waals surface area contributed by atoms with Gasteiger partial charge in [0.05, 0.1) is 0 Å². The van der Waals surface area contributed by atoms with Gasteiger partial charge in [-0.3, -0.25) is 13.9 Å². The van der Waals surface area contributed by atoms with Crippen LogP contribution in [0.25, 0.3) is 11.2 Å². The third-order valence-corrected chi connectivity index (χ3v) is 6.95. The normalized spacial score (nSPS) is 19.7. The number of fused-ring (bicyclic) bond motifs is 3. The lowest BCUT2D eigenvalue weighted by molar-refractivity contribution is 0.354. The molecule has 1 saturated carbocycles. The van der Waals surface area contributed by atoms with Crippen LogP contribution in [-0.2, 0) is 26.6 Å². The smallest absolute Gasteiger partial charge is 0.332 e. The van der Waals surface area contributed by atoms with Crippen molar-refractivity contribution < 1.29 is 0 Å². The van der Waals surface area contributed by atoms with Gasteiger partial charge in [-0.05, 0) is 30.7 Å². The first kappa shape index (κ1) is 20.1. The van der Waals surface area contributed by atoms with Crippen molar-refractivity contribution in [3.8, 4) is 0 Å². The summed E-state index contributed by atoms with van der Waals surface area (Å²) in [7, 11) is 1.73. The molecule has 0 spiro atoms. The second-order valence-corrected chi connectivity index (χ2v) is 9.28. The Balaban J connectivity index is 1.60. The number of nitrogens with zero attached hydrogens (tertiary/aromatic N) is 5. The number of anilines is 1. The summed E-state index contributed by atoms with van der Waals surface area (Å²) in [6, 6.07) is 10.5. The SMILES string of the molecule is C[C@H]1CN(C2CCCCC2)c2nc3c(c(=O)n(CCc4ccccc4)c(=O)n3C)n2C1. The molecule has 1 fully saturated rings. The van der Waals surface area contributed by atoms with E-state index in [-0.39, 0.29) is 11.2 Å². The van der Waals surface area contributed by atoms with Crippen LogP contribution >= 0.6 is 0 Å². The maximum Gasteiger partial charge on any atom is 0.332 e. The maximum absolute atomic E-state index is 13.5. The zero-order chi connectivity index (χ0) is 21.5. The summed E-state index contributed by atoms with van der Waals surface area (Å²) in [4.78, 5) is 33.8. The molecule has 0 saturated heterocycles. The average molecular weight is 422 g/mol. The lowest BCUT2D eigenvalue weighted by Crippen LogP contribution is -2.45. The van der Waals surface area contributed by atoms with Crippen molar-refractivity contribution in [2.45, 2.75) is 64.6 Å². The largest absolute Gasteiger partial charge is 0.339 e. The number of benzene rings is 1. The molecule has 1 atom stereocenters. The Morgan fingerprint density at radius 2 is 1.77 bits per heavy atom. The molecule has 3 heterocycles. The number of aryl methyl sites for hydroxylation is 2. The van der Waals surface area contributed by atoms with E-state index in [1.54, 1.807) is 11.6 Å². The highest BCUT2D eigenvalue weighted by atomic mass is 16.2. The number of hydrogen-bond donors (Lipinski definition) is 0. The number of rotatable bonds is 4. The topological polar surface area (TPSA) is 65.1 Å². The van der Waals surface area contributed by atoms with E-state index in [0.717, 1.165) is 24.6 Å². The summed E-state index contributed by atoms with van der Waals surface area (Å²) in [6.07, 6.45) is 6.80. The van der Waals surface area contributed by atoms with E-state index < -0.39 is 0 Å². The Bertz CT molecular complexity index is 1200. The Morgan fingerprint density at radius 1 is 1.03 bits per heavy atom. The van der Waals surface area contributed by atoms with Crippen molar-refractivity contribution in [3.05, 3.63) is 56.7 Å². The second kappa shape index (κ2) is 8.02. The van der Waals surface area contributed by atoms with Crippen molar-refractivity contribution >= 4 is 17.1 Å². The van der Waals surface area contributed by atoms with E-state index in [0.29, 0.717) is 36.1 Å². The molecule has 3 aromatic rings. The van der Waals surface area contributed by atoms with Crippen molar-refractivity contribution in [2.75, 3.05) is 11.4 Å². The molecule has 31 heavy (non-hydrogen) atoms. The van der Waals surface area contributed by atoms with Gasteiger partial charge in [0, 0.05) is 32.7 Å². The molecule has 5 rings (SSSR count). The Hall–Kier alpha value is -2.83. The van der Waals surface area contributed by atoms with Gasteiger partial charge in [0.2, 0.25) is 5.95 Å². The zero-order valence-electron chi connectivity index (χ0n) is 18.5. The first-order valence-electron chi connectivity index (χ1n) is 11.5. The zero-order valence-corrected chi connectivity index (χ0v) is 18.5. The van der Waals surface area contributed by atoms with Crippen LogP contribution in [0.4, 0.5) is 5.95 Å². The maximum atomic E-state index is 13.5. The standard InChI is InChI=1S/C24H31N5O2/c1-17-15-28(19-11-7-4-8-12-19)23-25-21-20(29(23)16-17)22(30)27(24(31)26(21)2)14-13-18-9-5-3-6-10-18/h3,5-6,9-10,17,19H,4,7-8,11-16H2,1-2H3/t17-/m0/s1. The fraction of sp³-hybridized carbons (Fsp3) is 0.542. The minimum Gasteiger partial charge on any atom is -0.339 e. The van der Waals surface area contributed by atoms with Gasteiger partial charge in [0.15, 0.2) is 11.2 Å². The van der Waals surface area contributed by atoms with Gasteiger partial charge in [0.25, 0.3) is 5.56 Å². The van der Waals surface area contributed by atoms with Gasteiger partial charge in [-0.1, -0.05) is 56.5 Å².